The molecule has 0 bridgehead atoms. The van der Waals surface area contributed by atoms with Gasteiger partial charge in [-0.3, -0.25) is 0 Å². The van der Waals surface area contributed by atoms with Gasteiger partial charge in [0.05, 0.1) is 5.41 Å². The largest absolute Gasteiger partial charge is 0.509 e. The van der Waals surface area contributed by atoms with E-state index in [0.29, 0.717) is 11.5 Å². The van der Waals surface area contributed by atoms with Crippen LogP contribution in [0.2, 0.25) is 0 Å². The molecule has 2 aliphatic rings. The molecular formula is C79H67N4OPt-3. The summed E-state index contributed by atoms with van der Waals surface area (Å²) in [6.07, 6.45) is 1.91. The molecule has 1 aliphatic heterocycles. The quantitative estimate of drug-likeness (QED) is 0.135. The van der Waals surface area contributed by atoms with Crippen LogP contribution >= 0.6 is 0 Å². The minimum Gasteiger partial charge on any atom is -0.509 e. The number of benzene rings is 10. The molecule has 12 aromatic rings. The van der Waals surface area contributed by atoms with Crippen LogP contribution in [0.15, 0.2) is 237 Å². The summed E-state index contributed by atoms with van der Waals surface area (Å²) in [5, 5.41) is 2.21. The minimum absolute atomic E-state index is 0. The van der Waals surface area contributed by atoms with Crippen LogP contribution in [0.4, 0.5) is 22.7 Å². The zero-order chi connectivity index (χ0) is 57.7. The Morgan fingerprint density at radius 2 is 0.965 bits per heavy atom. The summed E-state index contributed by atoms with van der Waals surface area (Å²) in [7, 11) is 0. The first kappa shape index (κ1) is 55.4. The molecule has 14 rings (SSSR count). The van der Waals surface area contributed by atoms with E-state index in [1.165, 1.54) is 50.1 Å². The average Bonchev–Trinajstić information content (AvgIpc) is 1.66. The van der Waals surface area contributed by atoms with Gasteiger partial charge in [0.25, 0.3) is 0 Å². The van der Waals surface area contributed by atoms with E-state index in [4.69, 9.17) is 9.72 Å². The van der Waals surface area contributed by atoms with Crippen LogP contribution in [0.3, 0.4) is 0 Å². The second-order valence-corrected chi connectivity index (χ2v) is 25.7. The zero-order valence-electron chi connectivity index (χ0n) is 49.6. The smallest absolute Gasteiger partial charge is 0.135 e. The molecule has 0 spiro atoms. The van der Waals surface area contributed by atoms with Crippen molar-refractivity contribution in [2.45, 2.75) is 84.0 Å². The molecule has 0 atom stereocenters. The summed E-state index contributed by atoms with van der Waals surface area (Å²) in [5.41, 5.74) is 21.1. The first-order chi connectivity index (χ1) is 40.5. The van der Waals surface area contributed by atoms with Crippen LogP contribution in [-0.2, 0) is 42.7 Å². The van der Waals surface area contributed by atoms with Crippen molar-refractivity contribution in [1.82, 2.24) is 9.55 Å². The molecule has 0 unspecified atom stereocenters. The standard InChI is InChI=1S/C79H67N4O.Pt/c1-76(2,3)55-36-40-68-66(44-55)67-45-56(77(4,5)6)37-41-69(67)79(68,54-28-17-12-18-29-54)58-46-64(52-24-13-10-14-25-52)75(65(47-58)53-26-15-11-16-27-53)82-51-81(71-34-21-22-35-72(71)82)59-30-23-31-60(49-59)84-61-38-39-63-62-32-19-20-33-70(62)83(73(63)50-61)74-48-57(42-43-80-74)78(7,8)9;/h10-48,51H,1-9H3;/q-3;. The number of ether oxygens (including phenoxy) is 1. The average molecular weight is 1280 g/mol. The zero-order valence-corrected chi connectivity index (χ0v) is 51.9. The Bertz CT molecular complexity index is 4380. The van der Waals surface area contributed by atoms with Crippen molar-refractivity contribution >= 4 is 44.6 Å². The Hall–Kier alpha value is -8.76. The summed E-state index contributed by atoms with van der Waals surface area (Å²) in [6, 6.07) is 91.9. The van der Waals surface area contributed by atoms with Gasteiger partial charge >= 0.3 is 0 Å². The number of hydrogen-bond donors (Lipinski definition) is 0. The maximum atomic E-state index is 6.81. The monoisotopic (exact) mass is 1280 g/mol. The predicted molar refractivity (Wildman–Crippen MR) is 349 cm³/mol. The number of nitrogens with zero attached hydrogens (tertiary/aromatic N) is 4. The van der Waals surface area contributed by atoms with E-state index >= 15 is 0 Å². The molecule has 85 heavy (non-hydrogen) atoms. The topological polar surface area (TPSA) is 33.5 Å². The van der Waals surface area contributed by atoms with Crippen molar-refractivity contribution in [2.75, 3.05) is 9.80 Å². The summed E-state index contributed by atoms with van der Waals surface area (Å²) < 4.78 is 9.01. The second kappa shape index (κ2) is 21.1. The van der Waals surface area contributed by atoms with Crippen molar-refractivity contribution < 1.29 is 25.8 Å². The number of para-hydroxylation sites is 3. The Morgan fingerprint density at radius 3 is 1.56 bits per heavy atom. The Labute approximate surface area is 515 Å². The van der Waals surface area contributed by atoms with E-state index in [9.17, 15) is 0 Å². The van der Waals surface area contributed by atoms with E-state index in [2.05, 4.69) is 308 Å². The van der Waals surface area contributed by atoms with Crippen LogP contribution < -0.4 is 14.5 Å². The van der Waals surface area contributed by atoms with Crippen LogP contribution in [0.5, 0.6) is 11.5 Å². The van der Waals surface area contributed by atoms with E-state index < -0.39 is 5.41 Å². The van der Waals surface area contributed by atoms with Crippen molar-refractivity contribution in [3.63, 3.8) is 0 Å². The molecular weight excluding hydrogens is 1220 g/mol. The normalized spacial score (nSPS) is 13.6. The molecule has 0 fully saturated rings. The molecule has 422 valence electrons. The first-order valence-electron chi connectivity index (χ1n) is 29.3. The van der Waals surface area contributed by atoms with Crippen LogP contribution in [0, 0.1) is 18.8 Å². The third-order valence-electron chi connectivity index (χ3n) is 17.3. The predicted octanol–water partition coefficient (Wildman–Crippen LogP) is 20.6. The first-order valence-corrected chi connectivity index (χ1v) is 29.3. The van der Waals surface area contributed by atoms with Crippen molar-refractivity contribution in [3.8, 4) is 50.7 Å². The molecule has 0 saturated carbocycles. The van der Waals surface area contributed by atoms with Crippen molar-refractivity contribution in [1.29, 1.82) is 0 Å². The SMILES string of the molecule is CC(C)(C)c1ccnc(-n2c3[c-]c(Oc4[c-]c(N5[CH-]N(c6c(-c7ccccc7)cc(C7(c8ccccc8)c8ccc(C(C)(C)C)cc8-c8cc(C(C)(C)C)ccc87)cc6-c6ccccc6)c6ccccc65)ccc4)ccc3c3ccccc32)c1.[Pt]. The summed E-state index contributed by atoms with van der Waals surface area (Å²) in [6.45, 7) is 22.9. The van der Waals surface area contributed by atoms with Gasteiger partial charge in [0, 0.05) is 72.5 Å². The maximum Gasteiger partial charge on any atom is 0.135 e. The molecule has 2 aromatic heterocycles. The number of aromatic nitrogens is 2. The Morgan fingerprint density at radius 1 is 0.435 bits per heavy atom. The molecule has 3 heterocycles. The maximum absolute atomic E-state index is 6.81. The molecule has 0 radical (unpaired) electrons. The molecule has 5 nitrogen and oxygen atoms in total. The Kier molecular flexibility index (Phi) is 13.7. The Balaban J connectivity index is 0.00000672. The third-order valence-corrected chi connectivity index (χ3v) is 17.3. The van der Waals surface area contributed by atoms with Gasteiger partial charge in [0.2, 0.25) is 0 Å². The number of pyridine rings is 1. The number of fused-ring (bicyclic) bond motifs is 7. The van der Waals surface area contributed by atoms with Gasteiger partial charge in [0.1, 0.15) is 5.82 Å². The van der Waals surface area contributed by atoms with Gasteiger partial charge < -0.3 is 19.1 Å². The molecule has 6 heteroatoms. The summed E-state index contributed by atoms with van der Waals surface area (Å²) >= 11 is 0. The van der Waals surface area contributed by atoms with E-state index in [0.717, 1.165) is 72.6 Å². The van der Waals surface area contributed by atoms with E-state index in [1.807, 2.05) is 24.4 Å². The fourth-order valence-corrected chi connectivity index (χ4v) is 12.9. The summed E-state index contributed by atoms with van der Waals surface area (Å²) in [5.74, 6) is 2.01. The van der Waals surface area contributed by atoms with Gasteiger partial charge in [-0.15, -0.1) is 48.1 Å². The molecule has 1 aliphatic carbocycles. The van der Waals surface area contributed by atoms with Gasteiger partial charge in [-0.05, 0) is 125 Å². The van der Waals surface area contributed by atoms with E-state index in [1.54, 1.807) is 0 Å². The number of anilines is 4. The molecule has 0 N–H and O–H groups in total. The molecule has 0 amide bonds. The molecule has 0 saturated heterocycles. The molecule has 10 aromatic carbocycles. The second-order valence-electron chi connectivity index (χ2n) is 25.7. The summed E-state index contributed by atoms with van der Waals surface area (Å²) in [4.78, 5) is 9.55. The van der Waals surface area contributed by atoms with Crippen molar-refractivity contribution in [3.05, 3.63) is 294 Å². The van der Waals surface area contributed by atoms with Crippen molar-refractivity contribution in [2.24, 2.45) is 0 Å². The minimum atomic E-state index is -0.675. The fourth-order valence-electron chi connectivity index (χ4n) is 12.9. The van der Waals surface area contributed by atoms with Gasteiger partial charge in [-0.2, -0.15) is 12.1 Å². The van der Waals surface area contributed by atoms with Crippen LogP contribution in [-0.4, -0.2) is 9.55 Å². The third kappa shape index (κ3) is 9.49. The van der Waals surface area contributed by atoms with Gasteiger partial charge in [-0.1, -0.05) is 226 Å². The van der Waals surface area contributed by atoms with Gasteiger partial charge in [-0.25, -0.2) is 4.98 Å². The fraction of sp³-hybridized carbons (Fsp3) is 0.165. The van der Waals surface area contributed by atoms with Gasteiger partial charge in [0.15, 0.2) is 0 Å². The van der Waals surface area contributed by atoms with E-state index in [-0.39, 0.29) is 37.3 Å². The van der Waals surface area contributed by atoms with Crippen LogP contribution in [0.1, 0.15) is 101 Å². The number of hydrogen-bond acceptors (Lipinski definition) is 4. The number of rotatable bonds is 9. The van der Waals surface area contributed by atoms with Crippen LogP contribution in [0.25, 0.3) is 61.0 Å².